The Labute approximate surface area is 253 Å². The maximum atomic E-state index is 13.5. The first-order valence-corrected chi connectivity index (χ1v) is 13.7. The lowest BCUT2D eigenvalue weighted by Crippen LogP contribution is -2.29. The number of fused-ring (bicyclic) bond motifs is 1. The van der Waals surface area contributed by atoms with Crippen LogP contribution in [-0.2, 0) is 4.74 Å². The van der Waals surface area contributed by atoms with Crippen LogP contribution < -0.4 is 14.4 Å². The van der Waals surface area contributed by atoms with E-state index >= 15 is 0 Å². The topological polar surface area (TPSA) is 99.2 Å². The molecule has 0 aromatic heterocycles. The van der Waals surface area contributed by atoms with Crippen molar-refractivity contribution in [2.45, 2.75) is 6.10 Å². The van der Waals surface area contributed by atoms with Gasteiger partial charge in [-0.25, -0.2) is 9.69 Å². The van der Waals surface area contributed by atoms with Crippen molar-refractivity contribution in [3.8, 4) is 17.2 Å². The first-order valence-electron chi connectivity index (χ1n) is 13.7. The third-order valence-corrected chi connectivity index (χ3v) is 7.14. The Kier molecular flexibility index (Phi) is 7.71. The molecule has 1 heterocycles. The van der Waals surface area contributed by atoms with Crippen molar-refractivity contribution in [3.63, 3.8) is 0 Å². The molecule has 1 atom stereocenters. The molecule has 6 rings (SSSR count). The zero-order valence-corrected chi connectivity index (χ0v) is 23.5. The number of para-hydroxylation sites is 1. The van der Waals surface area contributed by atoms with Crippen LogP contribution in [0.25, 0.3) is 0 Å². The Morgan fingerprint density at radius 3 is 1.84 bits per heavy atom. The quantitative estimate of drug-likeness (QED) is 0.104. The van der Waals surface area contributed by atoms with Crippen LogP contribution in [0, 0.1) is 0 Å². The fraction of sp³-hybridized carbons (Fsp3) is 0.0556. The molecular formula is C36H25NO7. The average Bonchev–Trinajstić information content (AvgIpc) is 3.33. The van der Waals surface area contributed by atoms with Gasteiger partial charge in [0, 0.05) is 11.1 Å². The van der Waals surface area contributed by atoms with Gasteiger partial charge in [0.15, 0.2) is 6.10 Å². The van der Waals surface area contributed by atoms with Gasteiger partial charge in [0.05, 0.1) is 29.5 Å². The van der Waals surface area contributed by atoms with Gasteiger partial charge in [0.25, 0.3) is 11.8 Å². The molecule has 1 aliphatic heterocycles. The van der Waals surface area contributed by atoms with Gasteiger partial charge in [-0.1, -0.05) is 48.5 Å². The molecule has 0 aliphatic carbocycles. The van der Waals surface area contributed by atoms with Crippen LogP contribution in [0.1, 0.15) is 53.1 Å². The molecule has 0 N–H and O–H groups in total. The van der Waals surface area contributed by atoms with Crippen molar-refractivity contribution >= 4 is 29.3 Å². The van der Waals surface area contributed by atoms with Gasteiger partial charge in [-0.2, -0.15) is 0 Å². The number of hydrogen-bond donors (Lipinski definition) is 0. The summed E-state index contributed by atoms with van der Waals surface area (Å²) in [5, 5.41) is 0. The predicted octanol–water partition coefficient (Wildman–Crippen LogP) is 7.07. The number of ketones is 1. The minimum atomic E-state index is -1.24. The number of anilines is 1. The second-order valence-electron chi connectivity index (χ2n) is 9.90. The highest BCUT2D eigenvalue weighted by Gasteiger charge is 2.37. The molecular weight excluding hydrogens is 558 g/mol. The van der Waals surface area contributed by atoms with Crippen molar-refractivity contribution in [2.75, 3.05) is 12.0 Å². The SMILES string of the molecule is COc1ccc(C(=O)[C@@H](OC(=O)c2ccc3c(c2)C(=O)N(c2ccc(Oc4ccccc4)cc2)C3=O)c2ccccc2)cc1. The van der Waals surface area contributed by atoms with Crippen LogP contribution in [0.4, 0.5) is 5.69 Å². The highest BCUT2D eigenvalue weighted by Crippen LogP contribution is 2.32. The van der Waals surface area contributed by atoms with Crippen LogP contribution in [0.2, 0.25) is 0 Å². The molecule has 0 saturated heterocycles. The molecule has 0 fully saturated rings. The number of carbonyl (C=O) groups excluding carboxylic acids is 4. The number of esters is 1. The van der Waals surface area contributed by atoms with E-state index in [2.05, 4.69) is 0 Å². The number of amides is 2. The number of hydrogen-bond acceptors (Lipinski definition) is 7. The molecule has 2 amide bonds. The number of ether oxygens (including phenoxy) is 3. The minimum absolute atomic E-state index is 0.0295. The van der Waals surface area contributed by atoms with E-state index in [9.17, 15) is 19.2 Å². The van der Waals surface area contributed by atoms with Crippen LogP contribution in [-0.4, -0.2) is 30.7 Å². The van der Waals surface area contributed by atoms with E-state index in [1.54, 1.807) is 78.9 Å². The van der Waals surface area contributed by atoms with Gasteiger partial charge in [-0.3, -0.25) is 14.4 Å². The smallest absolute Gasteiger partial charge is 0.339 e. The standard InChI is InChI=1S/C36H25NO7/c1-42-27-17-12-23(13-18-27)32(38)33(24-8-4-2-5-9-24)44-36(41)25-14-21-30-31(22-25)35(40)37(34(30)39)26-15-19-29(20-16-26)43-28-10-6-3-7-11-28/h2-22,33H,1H3/t33-/m0/s1. The highest BCUT2D eigenvalue weighted by molar-refractivity contribution is 6.34. The number of rotatable bonds is 9. The van der Waals surface area contributed by atoms with Gasteiger partial charge < -0.3 is 14.2 Å². The zero-order chi connectivity index (χ0) is 30.6. The average molecular weight is 584 g/mol. The molecule has 8 nitrogen and oxygen atoms in total. The van der Waals surface area contributed by atoms with E-state index in [0.29, 0.717) is 34.1 Å². The normalized spacial score (nSPS) is 12.8. The molecule has 8 heteroatoms. The monoisotopic (exact) mass is 583 g/mol. The van der Waals surface area contributed by atoms with Crippen molar-refractivity contribution in [3.05, 3.63) is 155 Å². The Morgan fingerprint density at radius 2 is 1.18 bits per heavy atom. The van der Waals surface area contributed by atoms with Crippen LogP contribution >= 0.6 is 0 Å². The van der Waals surface area contributed by atoms with Crippen LogP contribution in [0.5, 0.6) is 17.2 Å². The first-order chi connectivity index (χ1) is 21.4. The van der Waals surface area contributed by atoms with Gasteiger partial charge in [-0.15, -0.1) is 0 Å². The van der Waals surface area contributed by atoms with Crippen molar-refractivity contribution < 1.29 is 33.4 Å². The number of Topliss-reactive ketones (excluding diaryl/α,β-unsaturated/α-hetero) is 1. The third-order valence-electron chi connectivity index (χ3n) is 7.14. The summed E-state index contributed by atoms with van der Waals surface area (Å²) < 4.78 is 16.7. The fourth-order valence-corrected chi connectivity index (χ4v) is 4.87. The summed E-state index contributed by atoms with van der Waals surface area (Å²) >= 11 is 0. The lowest BCUT2D eigenvalue weighted by atomic mass is 9.99. The molecule has 216 valence electrons. The number of imide groups is 1. The number of benzene rings is 5. The Balaban J connectivity index is 1.22. The second kappa shape index (κ2) is 12.1. The van der Waals surface area contributed by atoms with Gasteiger partial charge in [0.2, 0.25) is 5.78 Å². The van der Waals surface area contributed by atoms with Crippen molar-refractivity contribution in [1.29, 1.82) is 0 Å². The molecule has 44 heavy (non-hydrogen) atoms. The van der Waals surface area contributed by atoms with E-state index in [0.717, 1.165) is 4.90 Å². The summed E-state index contributed by atoms with van der Waals surface area (Å²) in [5.41, 5.74) is 1.42. The van der Waals surface area contributed by atoms with E-state index < -0.39 is 29.7 Å². The summed E-state index contributed by atoms with van der Waals surface area (Å²) in [7, 11) is 1.53. The van der Waals surface area contributed by atoms with E-state index in [1.807, 2.05) is 30.3 Å². The molecule has 0 bridgehead atoms. The number of carbonyl (C=O) groups is 4. The van der Waals surface area contributed by atoms with Gasteiger partial charge in [-0.05, 0) is 78.9 Å². The third kappa shape index (κ3) is 5.56. The zero-order valence-electron chi connectivity index (χ0n) is 23.5. The molecule has 0 radical (unpaired) electrons. The Bertz CT molecular complexity index is 1850. The largest absolute Gasteiger partial charge is 0.497 e. The van der Waals surface area contributed by atoms with E-state index in [-0.39, 0.29) is 16.7 Å². The van der Waals surface area contributed by atoms with Crippen molar-refractivity contribution in [1.82, 2.24) is 0 Å². The number of nitrogens with zero attached hydrogens (tertiary/aromatic N) is 1. The molecule has 5 aromatic rings. The molecule has 0 saturated carbocycles. The summed E-state index contributed by atoms with van der Waals surface area (Å²) in [6.45, 7) is 0. The highest BCUT2D eigenvalue weighted by atomic mass is 16.5. The maximum Gasteiger partial charge on any atom is 0.339 e. The predicted molar refractivity (Wildman–Crippen MR) is 162 cm³/mol. The fourth-order valence-electron chi connectivity index (χ4n) is 4.87. The summed E-state index contributed by atoms with van der Waals surface area (Å²) in [4.78, 5) is 54.5. The van der Waals surface area contributed by atoms with E-state index in [1.165, 1.54) is 25.3 Å². The van der Waals surface area contributed by atoms with Crippen LogP contribution in [0.15, 0.2) is 127 Å². The lowest BCUT2D eigenvalue weighted by molar-refractivity contribution is 0.0280. The summed E-state index contributed by atoms with van der Waals surface area (Å²) in [5.74, 6) is -0.559. The number of methoxy groups -OCH3 is 1. The lowest BCUT2D eigenvalue weighted by Gasteiger charge is -2.18. The molecule has 5 aromatic carbocycles. The summed E-state index contributed by atoms with van der Waals surface area (Å²) in [6.07, 6.45) is -1.24. The first kappa shape index (κ1) is 28.1. The Hall–Kier alpha value is -6.02. The molecule has 1 aliphatic rings. The Morgan fingerprint density at radius 1 is 0.614 bits per heavy atom. The van der Waals surface area contributed by atoms with Gasteiger partial charge >= 0.3 is 5.97 Å². The minimum Gasteiger partial charge on any atom is -0.497 e. The van der Waals surface area contributed by atoms with Crippen molar-refractivity contribution in [2.24, 2.45) is 0 Å². The van der Waals surface area contributed by atoms with E-state index in [4.69, 9.17) is 14.2 Å². The summed E-state index contributed by atoms with van der Waals surface area (Å²) in [6, 6.07) is 35.1. The van der Waals surface area contributed by atoms with Gasteiger partial charge in [0.1, 0.15) is 17.2 Å². The molecule has 0 spiro atoms. The second-order valence-corrected chi connectivity index (χ2v) is 9.90. The molecule has 0 unspecified atom stereocenters. The van der Waals surface area contributed by atoms with Crippen LogP contribution in [0.3, 0.4) is 0 Å². The maximum absolute atomic E-state index is 13.5.